The van der Waals surface area contributed by atoms with Crippen LogP contribution in [-0.2, 0) is 11.3 Å². The largest absolute Gasteiger partial charge is 0.497 e. The predicted molar refractivity (Wildman–Crippen MR) is 103 cm³/mol. The van der Waals surface area contributed by atoms with Crippen LogP contribution in [0.2, 0.25) is 0 Å². The van der Waals surface area contributed by atoms with Crippen LogP contribution < -0.4 is 10.1 Å². The highest BCUT2D eigenvalue weighted by atomic mass is 16.5. The second kappa shape index (κ2) is 8.24. The van der Waals surface area contributed by atoms with Crippen molar-refractivity contribution < 1.29 is 14.1 Å². The van der Waals surface area contributed by atoms with Gasteiger partial charge in [0.15, 0.2) is 0 Å². The van der Waals surface area contributed by atoms with Crippen LogP contribution in [0.4, 0.5) is 0 Å². The van der Waals surface area contributed by atoms with Crippen LogP contribution in [-0.4, -0.2) is 38.8 Å². The maximum Gasteiger partial charge on any atom is 0.258 e. The number of nitrogens with one attached hydrogen (secondary N) is 1. The third-order valence-corrected chi connectivity index (χ3v) is 4.92. The summed E-state index contributed by atoms with van der Waals surface area (Å²) in [6.07, 6.45) is 9.14. The molecule has 0 bridgehead atoms. The molecule has 1 aliphatic carbocycles. The Kier molecular flexibility index (Phi) is 5.36. The molecule has 28 heavy (non-hydrogen) atoms. The number of rotatable bonds is 6. The standard InChI is InChI=1S/C20H23N5O3/c1-27-16-9-7-14(8-10-16)20-23-19(24-28-20)17-11-25(13-21-17)12-18(26)22-15-5-3-2-4-6-15/h7-11,13,15H,2-6,12H2,1H3,(H,22,26). The zero-order chi connectivity index (χ0) is 19.3. The van der Waals surface area contributed by atoms with Gasteiger partial charge in [-0.15, -0.1) is 0 Å². The maximum atomic E-state index is 12.2. The molecule has 1 amide bonds. The quantitative estimate of drug-likeness (QED) is 0.705. The first kappa shape index (κ1) is 18.2. The molecule has 1 aliphatic rings. The van der Waals surface area contributed by atoms with E-state index in [4.69, 9.17) is 9.26 Å². The highest BCUT2D eigenvalue weighted by molar-refractivity contribution is 5.76. The van der Waals surface area contributed by atoms with Crippen LogP contribution in [0.3, 0.4) is 0 Å². The van der Waals surface area contributed by atoms with E-state index >= 15 is 0 Å². The van der Waals surface area contributed by atoms with Crippen LogP contribution in [0.1, 0.15) is 32.1 Å². The Morgan fingerprint density at radius 3 is 2.79 bits per heavy atom. The summed E-state index contributed by atoms with van der Waals surface area (Å²) in [6, 6.07) is 7.67. The lowest BCUT2D eigenvalue weighted by Gasteiger charge is -2.22. The molecule has 146 valence electrons. The lowest BCUT2D eigenvalue weighted by Crippen LogP contribution is -2.38. The van der Waals surface area contributed by atoms with E-state index in [1.54, 1.807) is 24.2 Å². The minimum atomic E-state index is 0.00267. The Labute approximate surface area is 162 Å². The van der Waals surface area contributed by atoms with E-state index < -0.39 is 0 Å². The molecule has 0 aliphatic heterocycles. The van der Waals surface area contributed by atoms with Crippen LogP contribution in [0.15, 0.2) is 41.3 Å². The van der Waals surface area contributed by atoms with Gasteiger partial charge in [-0.25, -0.2) is 4.98 Å². The van der Waals surface area contributed by atoms with Gasteiger partial charge in [-0.1, -0.05) is 24.4 Å². The van der Waals surface area contributed by atoms with Crippen molar-refractivity contribution in [2.45, 2.75) is 44.7 Å². The number of amides is 1. The summed E-state index contributed by atoms with van der Waals surface area (Å²) in [6.45, 7) is 0.229. The molecule has 4 rings (SSSR count). The number of hydrogen-bond donors (Lipinski definition) is 1. The van der Waals surface area contributed by atoms with Crippen molar-refractivity contribution in [3.63, 3.8) is 0 Å². The van der Waals surface area contributed by atoms with Gasteiger partial charge in [0.25, 0.3) is 5.89 Å². The Balaban J connectivity index is 1.39. The van der Waals surface area contributed by atoms with Gasteiger partial charge in [0, 0.05) is 17.8 Å². The van der Waals surface area contributed by atoms with Crippen LogP contribution in [0, 0.1) is 0 Å². The first-order valence-corrected chi connectivity index (χ1v) is 9.51. The molecule has 0 atom stereocenters. The van der Waals surface area contributed by atoms with Crippen LogP contribution in [0.5, 0.6) is 5.75 Å². The normalized spacial score (nSPS) is 14.8. The second-order valence-electron chi connectivity index (χ2n) is 6.99. The molecule has 2 heterocycles. The van der Waals surface area contributed by atoms with Crippen molar-refractivity contribution in [3.05, 3.63) is 36.8 Å². The Morgan fingerprint density at radius 1 is 1.25 bits per heavy atom. The molecular formula is C20H23N5O3. The average molecular weight is 381 g/mol. The fraction of sp³-hybridized carbons (Fsp3) is 0.400. The minimum Gasteiger partial charge on any atom is -0.497 e. The van der Waals surface area contributed by atoms with Gasteiger partial charge in [0.05, 0.1) is 13.4 Å². The van der Waals surface area contributed by atoms with Gasteiger partial charge in [0.1, 0.15) is 18.0 Å². The van der Waals surface area contributed by atoms with E-state index in [0.29, 0.717) is 23.5 Å². The SMILES string of the molecule is COc1ccc(-c2nc(-c3cn(CC(=O)NC4CCCCC4)cn3)no2)cc1. The molecule has 2 aromatic heterocycles. The van der Waals surface area contributed by atoms with Gasteiger partial charge >= 0.3 is 0 Å². The van der Waals surface area contributed by atoms with E-state index in [2.05, 4.69) is 20.4 Å². The lowest BCUT2D eigenvalue weighted by atomic mass is 9.95. The summed E-state index contributed by atoms with van der Waals surface area (Å²) in [5.74, 6) is 1.55. The molecular weight excluding hydrogens is 358 g/mol. The Hall–Kier alpha value is -3.16. The third-order valence-electron chi connectivity index (χ3n) is 4.92. The van der Waals surface area contributed by atoms with Crippen LogP contribution >= 0.6 is 0 Å². The number of carbonyl (C=O) groups excluding carboxylic acids is 1. The number of benzene rings is 1. The number of carbonyl (C=O) groups is 1. The smallest absolute Gasteiger partial charge is 0.258 e. The number of hydrogen-bond acceptors (Lipinski definition) is 6. The van der Waals surface area contributed by atoms with Gasteiger partial charge in [-0.05, 0) is 37.1 Å². The molecule has 0 unspecified atom stereocenters. The van der Waals surface area contributed by atoms with Crippen molar-refractivity contribution in [2.24, 2.45) is 0 Å². The molecule has 1 saturated carbocycles. The third kappa shape index (κ3) is 4.21. The van der Waals surface area contributed by atoms with Gasteiger partial charge in [0.2, 0.25) is 11.7 Å². The molecule has 8 nitrogen and oxygen atoms in total. The highest BCUT2D eigenvalue weighted by Gasteiger charge is 2.17. The van der Waals surface area contributed by atoms with Crippen molar-refractivity contribution in [3.8, 4) is 28.7 Å². The highest BCUT2D eigenvalue weighted by Crippen LogP contribution is 2.23. The molecule has 0 radical (unpaired) electrons. The van der Waals surface area contributed by atoms with E-state index in [1.165, 1.54) is 19.3 Å². The first-order valence-electron chi connectivity index (χ1n) is 9.51. The van der Waals surface area contributed by atoms with Crippen molar-refractivity contribution in [2.75, 3.05) is 7.11 Å². The van der Waals surface area contributed by atoms with Gasteiger partial charge in [-0.3, -0.25) is 4.79 Å². The van der Waals surface area contributed by atoms with E-state index in [0.717, 1.165) is 24.2 Å². The first-order chi connectivity index (χ1) is 13.7. The summed E-state index contributed by atoms with van der Waals surface area (Å²) in [4.78, 5) is 20.9. The summed E-state index contributed by atoms with van der Waals surface area (Å²) in [7, 11) is 1.62. The number of aromatic nitrogens is 4. The zero-order valence-electron chi connectivity index (χ0n) is 15.8. The molecule has 8 heteroatoms. The molecule has 0 spiro atoms. The number of nitrogens with zero attached hydrogens (tertiary/aromatic N) is 4. The number of imidazole rings is 1. The topological polar surface area (TPSA) is 95.1 Å². The second-order valence-corrected chi connectivity index (χ2v) is 6.99. The predicted octanol–water partition coefficient (Wildman–Crippen LogP) is 3.06. The minimum absolute atomic E-state index is 0.00267. The Bertz CT molecular complexity index is 925. The molecule has 1 aromatic carbocycles. The fourth-order valence-electron chi connectivity index (χ4n) is 3.43. The van der Waals surface area contributed by atoms with Gasteiger partial charge < -0.3 is 19.1 Å². The van der Waals surface area contributed by atoms with E-state index in [9.17, 15) is 4.79 Å². The monoisotopic (exact) mass is 381 g/mol. The summed E-state index contributed by atoms with van der Waals surface area (Å²) in [5, 5.41) is 7.10. The van der Waals surface area contributed by atoms with Crippen molar-refractivity contribution in [1.82, 2.24) is 25.0 Å². The molecule has 0 saturated heterocycles. The van der Waals surface area contributed by atoms with Crippen LogP contribution in [0.25, 0.3) is 23.0 Å². The summed E-state index contributed by atoms with van der Waals surface area (Å²) in [5.41, 5.74) is 1.36. The fourth-order valence-corrected chi connectivity index (χ4v) is 3.43. The zero-order valence-corrected chi connectivity index (χ0v) is 15.8. The number of methoxy groups -OCH3 is 1. The Morgan fingerprint density at radius 2 is 2.04 bits per heavy atom. The van der Waals surface area contributed by atoms with E-state index in [-0.39, 0.29) is 12.5 Å². The average Bonchev–Trinajstić information content (AvgIpc) is 3.38. The lowest BCUT2D eigenvalue weighted by molar-refractivity contribution is -0.122. The number of ether oxygens (including phenoxy) is 1. The molecule has 3 aromatic rings. The maximum absolute atomic E-state index is 12.2. The molecule has 1 N–H and O–H groups in total. The van der Waals surface area contributed by atoms with Crippen molar-refractivity contribution in [1.29, 1.82) is 0 Å². The van der Waals surface area contributed by atoms with E-state index in [1.807, 2.05) is 24.3 Å². The molecule has 1 fully saturated rings. The summed E-state index contributed by atoms with van der Waals surface area (Å²) < 4.78 is 12.2. The van der Waals surface area contributed by atoms with Gasteiger partial charge in [-0.2, -0.15) is 4.98 Å². The summed E-state index contributed by atoms with van der Waals surface area (Å²) >= 11 is 0. The van der Waals surface area contributed by atoms with Crippen molar-refractivity contribution >= 4 is 5.91 Å².